The Morgan fingerprint density at radius 2 is 2.12 bits per heavy atom. The number of rotatable bonds is 5. The number of non-ortho nitro benzene ring substituents is 1. The van der Waals surface area contributed by atoms with E-state index in [-0.39, 0.29) is 30.5 Å². The van der Waals surface area contributed by atoms with Gasteiger partial charge in [0.25, 0.3) is 5.69 Å². The van der Waals surface area contributed by atoms with Gasteiger partial charge in [-0.3, -0.25) is 29.3 Å². The van der Waals surface area contributed by atoms with Crippen molar-refractivity contribution in [2.45, 2.75) is 19.4 Å². The van der Waals surface area contributed by atoms with E-state index in [1.807, 2.05) is 6.20 Å². The zero-order valence-corrected chi connectivity index (χ0v) is 13.1. The first-order valence-electron chi connectivity index (χ1n) is 7.49. The van der Waals surface area contributed by atoms with Crippen LogP contribution in [0.5, 0.6) is 0 Å². The first-order valence-corrected chi connectivity index (χ1v) is 7.49. The molecule has 1 aliphatic heterocycles. The molecule has 24 heavy (non-hydrogen) atoms. The summed E-state index contributed by atoms with van der Waals surface area (Å²) < 4.78 is 1.65. The van der Waals surface area contributed by atoms with Gasteiger partial charge in [0, 0.05) is 31.8 Å². The third-order valence-corrected chi connectivity index (χ3v) is 4.04. The molecule has 1 atom stereocenters. The summed E-state index contributed by atoms with van der Waals surface area (Å²) in [7, 11) is 1.79. The average molecular weight is 328 g/mol. The van der Waals surface area contributed by atoms with Crippen molar-refractivity contribution in [1.29, 1.82) is 0 Å². The van der Waals surface area contributed by atoms with Gasteiger partial charge < -0.3 is 0 Å². The van der Waals surface area contributed by atoms with Gasteiger partial charge in [0.1, 0.15) is 0 Å². The Morgan fingerprint density at radius 1 is 1.33 bits per heavy atom. The molecule has 124 valence electrons. The maximum Gasteiger partial charge on any atom is 0.269 e. The highest BCUT2D eigenvalue weighted by Gasteiger charge is 2.38. The zero-order chi connectivity index (χ0) is 17.3. The number of imide groups is 1. The third kappa shape index (κ3) is 3.17. The van der Waals surface area contributed by atoms with Gasteiger partial charge in [-0.25, -0.2) is 0 Å². The van der Waals surface area contributed by atoms with Gasteiger partial charge >= 0.3 is 0 Å². The van der Waals surface area contributed by atoms with Gasteiger partial charge in [0.2, 0.25) is 11.8 Å². The van der Waals surface area contributed by atoms with Crippen molar-refractivity contribution in [3.63, 3.8) is 0 Å². The first-order chi connectivity index (χ1) is 11.4. The molecule has 1 saturated heterocycles. The molecule has 0 bridgehead atoms. The van der Waals surface area contributed by atoms with Crippen LogP contribution < -0.4 is 0 Å². The van der Waals surface area contributed by atoms with Crippen molar-refractivity contribution in [2.24, 2.45) is 13.0 Å². The number of benzene rings is 1. The highest BCUT2D eigenvalue weighted by molar-refractivity contribution is 6.03. The number of carbonyl (C=O) groups excluding carboxylic acids is 2. The van der Waals surface area contributed by atoms with Gasteiger partial charge in [-0.15, -0.1) is 0 Å². The van der Waals surface area contributed by atoms with Crippen LogP contribution in [-0.2, 0) is 29.6 Å². The Bertz CT molecular complexity index is 814. The normalized spacial score (nSPS) is 17.5. The van der Waals surface area contributed by atoms with E-state index < -0.39 is 10.8 Å². The lowest BCUT2D eigenvalue weighted by Gasteiger charge is -2.14. The lowest BCUT2D eigenvalue weighted by Crippen LogP contribution is -2.30. The van der Waals surface area contributed by atoms with Crippen LogP contribution in [0.4, 0.5) is 5.69 Å². The molecule has 0 aliphatic carbocycles. The van der Waals surface area contributed by atoms with E-state index in [0.29, 0.717) is 12.0 Å². The van der Waals surface area contributed by atoms with Gasteiger partial charge in [-0.05, 0) is 17.5 Å². The van der Waals surface area contributed by atoms with Crippen LogP contribution in [0, 0.1) is 16.0 Å². The summed E-state index contributed by atoms with van der Waals surface area (Å²) >= 11 is 0. The van der Waals surface area contributed by atoms with Crippen molar-refractivity contribution in [3.8, 4) is 0 Å². The molecule has 0 saturated carbocycles. The lowest BCUT2D eigenvalue weighted by molar-refractivity contribution is -0.384. The summed E-state index contributed by atoms with van der Waals surface area (Å²) in [6.45, 7) is 0.0584. The summed E-state index contributed by atoms with van der Waals surface area (Å²) in [6, 6.07) is 5.98. The summed E-state index contributed by atoms with van der Waals surface area (Å²) in [5.74, 6) is -0.892. The molecule has 2 aromatic rings. The first kappa shape index (κ1) is 15.9. The monoisotopic (exact) mass is 328 g/mol. The highest BCUT2D eigenvalue weighted by Crippen LogP contribution is 2.26. The molecule has 3 rings (SSSR count). The molecule has 1 aromatic carbocycles. The molecule has 8 heteroatoms. The second kappa shape index (κ2) is 6.23. The number of carbonyl (C=O) groups is 2. The minimum Gasteiger partial charge on any atom is -0.278 e. The molecule has 2 amide bonds. The van der Waals surface area contributed by atoms with Gasteiger partial charge in [0.05, 0.1) is 23.6 Å². The number of likely N-dealkylation sites (tertiary alicyclic amines) is 1. The number of nitro groups is 1. The number of nitro benzene ring substituents is 1. The van der Waals surface area contributed by atoms with E-state index in [1.54, 1.807) is 30.1 Å². The summed E-state index contributed by atoms with van der Waals surface area (Å²) in [5, 5.41) is 14.9. The molecule has 2 heterocycles. The van der Waals surface area contributed by atoms with Crippen LogP contribution in [0.25, 0.3) is 0 Å². The van der Waals surface area contributed by atoms with Gasteiger partial charge in [0.15, 0.2) is 0 Å². The lowest BCUT2D eigenvalue weighted by atomic mass is 10.0. The van der Waals surface area contributed by atoms with Crippen LogP contribution in [0.2, 0.25) is 0 Å². The molecular formula is C16H16N4O4. The maximum atomic E-state index is 12.5. The summed E-state index contributed by atoms with van der Waals surface area (Å²) in [6.07, 6.45) is 4.12. The van der Waals surface area contributed by atoms with Crippen LogP contribution in [0.1, 0.15) is 17.5 Å². The van der Waals surface area contributed by atoms with E-state index in [1.165, 1.54) is 17.0 Å². The number of hydrogen-bond acceptors (Lipinski definition) is 5. The maximum absolute atomic E-state index is 12.5. The van der Waals surface area contributed by atoms with Crippen LogP contribution in [0.15, 0.2) is 36.7 Å². The molecule has 0 unspecified atom stereocenters. The molecule has 1 aliphatic rings. The fraction of sp³-hybridized carbons (Fsp3) is 0.312. The van der Waals surface area contributed by atoms with E-state index >= 15 is 0 Å². The summed E-state index contributed by atoms with van der Waals surface area (Å²) in [4.78, 5) is 36.2. The predicted octanol–water partition coefficient (Wildman–Crippen LogP) is 1.45. The topological polar surface area (TPSA) is 98.3 Å². The number of aromatic nitrogens is 2. The average Bonchev–Trinajstić information content (AvgIpc) is 3.06. The molecule has 0 radical (unpaired) electrons. The van der Waals surface area contributed by atoms with Crippen LogP contribution in [0.3, 0.4) is 0 Å². The minimum absolute atomic E-state index is 0.0569. The highest BCUT2D eigenvalue weighted by atomic mass is 16.6. The van der Waals surface area contributed by atoms with Crippen molar-refractivity contribution in [2.75, 3.05) is 0 Å². The van der Waals surface area contributed by atoms with E-state index in [0.717, 1.165) is 5.56 Å². The largest absolute Gasteiger partial charge is 0.278 e. The fourth-order valence-electron chi connectivity index (χ4n) is 2.89. The molecule has 0 spiro atoms. The zero-order valence-electron chi connectivity index (χ0n) is 13.1. The van der Waals surface area contributed by atoms with Gasteiger partial charge in [-0.2, -0.15) is 5.10 Å². The SMILES string of the molecule is Cn1cc(C[C@H]2CC(=O)N(Cc3cccc([N+](=O)[O-])c3)C2=O)cn1. The van der Waals surface area contributed by atoms with E-state index in [9.17, 15) is 19.7 Å². The molecular weight excluding hydrogens is 312 g/mol. The standard InChI is InChI=1S/C16H16N4O4/c1-18-9-12(8-17-18)5-13-7-15(21)19(16(13)22)10-11-3-2-4-14(6-11)20(23)24/h2-4,6,8-9,13H,5,7,10H2,1H3/t13-/m0/s1. The Labute approximate surface area is 137 Å². The Morgan fingerprint density at radius 3 is 2.79 bits per heavy atom. The Balaban J connectivity index is 1.72. The molecule has 8 nitrogen and oxygen atoms in total. The molecule has 1 fully saturated rings. The number of nitrogens with zero attached hydrogens (tertiary/aromatic N) is 4. The van der Waals surface area contributed by atoms with Crippen molar-refractivity contribution in [1.82, 2.24) is 14.7 Å². The molecule has 0 N–H and O–H groups in total. The minimum atomic E-state index is -0.498. The molecule has 1 aromatic heterocycles. The Hall–Kier alpha value is -3.03. The second-order valence-corrected chi connectivity index (χ2v) is 5.87. The third-order valence-electron chi connectivity index (χ3n) is 4.04. The van der Waals surface area contributed by atoms with Crippen molar-refractivity contribution in [3.05, 3.63) is 57.9 Å². The number of aryl methyl sites for hydroxylation is 1. The predicted molar refractivity (Wildman–Crippen MR) is 83.7 cm³/mol. The summed E-state index contributed by atoms with van der Waals surface area (Å²) in [5.41, 5.74) is 1.41. The van der Waals surface area contributed by atoms with Gasteiger partial charge in [-0.1, -0.05) is 12.1 Å². The second-order valence-electron chi connectivity index (χ2n) is 5.87. The van der Waals surface area contributed by atoms with E-state index in [4.69, 9.17) is 0 Å². The van der Waals surface area contributed by atoms with E-state index in [2.05, 4.69) is 5.10 Å². The van der Waals surface area contributed by atoms with Crippen molar-refractivity contribution >= 4 is 17.5 Å². The number of amides is 2. The van der Waals surface area contributed by atoms with Crippen LogP contribution >= 0.6 is 0 Å². The number of hydrogen-bond donors (Lipinski definition) is 0. The quantitative estimate of drug-likeness (QED) is 0.470. The van der Waals surface area contributed by atoms with Crippen molar-refractivity contribution < 1.29 is 14.5 Å². The fourth-order valence-corrected chi connectivity index (χ4v) is 2.89. The Kier molecular flexibility index (Phi) is 4.11. The smallest absolute Gasteiger partial charge is 0.269 e. The van der Waals surface area contributed by atoms with Crippen LogP contribution in [-0.4, -0.2) is 31.4 Å².